The molecule has 1 saturated heterocycles. The van der Waals surface area contributed by atoms with Crippen LogP contribution in [-0.4, -0.2) is 26.2 Å². The highest BCUT2D eigenvalue weighted by atomic mass is 14.9. The summed E-state index contributed by atoms with van der Waals surface area (Å²) in [5, 5.41) is 6.90. The number of hydrogen-bond acceptors (Lipinski definition) is 2. The Bertz CT molecular complexity index is 153. The fourth-order valence-corrected chi connectivity index (χ4v) is 1.66. The second kappa shape index (κ2) is 6.17. The first-order valence-corrected chi connectivity index (χ1v) is 5.34. The monoisotopic (exact) mass is 182 g/mol. The molecule has 0 aromatic carbocycles. The molecule has 0 radical (unpaired) electrons. The minimum Gasteiger partial charge on any atom is -0.316 e. The van der Waals surface area contributed by atoms with E-state index >= 15 is 0 Å². The lowest BCUT2D eigenvalue weighted by molar-refractivity contribution is 0.365. The Balaban J connectivity index is 2.01. The van der Waals surface area contributed by atoms with Crippen molar-refractivity contribution in [2.45, 2.75) is 26.7 Å². The van der Waals surface area contributed by atoms with Gasteiger partial charge in [0.1, 0.15) is 0 Å². The van der Waals surface area contributed by atoms with Gasteiger partial charge in [-0.25, -0.2) is 0 Å². The first-order valence-electron chi connectivity index (χ1n) is 5.34. The van der Waals surface area contributed by atoms with Crippen LogP contribution in [0.15, 0.2) is 11.6 Å². The quantitative estimate of drug-likeness (QED) is 0.509. The lowest BCUT2D eigenvalue weighted by Gasteiger charge is -2.22. The highest BCUT2D eigenvalue weighted by Gasteiger charge is 2.11. The van der Waals surface area contributed by atoms with Gasteiger partial charge in [-0.15, -0.1) is 0 Å². The minimum absolute atomic E-state index is 0.847. The van der Waals surface area contributed by atoms with Crippen LogP contribution in [0.2, 0.25) is 0 Å². The van der Waals surface area contributed by atoms with Crippen molar-refractivity contribution in [3.05, 3.63) is 11.6 Å². The molecular weight excluding hydrogens is 160 g/mol. The molecule has 1 fully saturated rings. The van der Waals surface area contributed by atoms with Crippen LogP contribution in [0, 0.1) is 5.92 Å². The standard InChI is InChI=1S/C11H22N2/c1-10(2)5-7-13-9-11-4-3-6-12-8-11/h5,11-13H,3-4,6-9H2,1-2H3. The third-order valence-corrected chi connectivity index (χ3v) is 2.49. The molecule has 0 aromatic heterocycles. The highest BCUT2D eigenvalue weighted by Crippen LogP contribution is 2.07. The Kier molecular flexibility index (Phi) is 5.09. The van der Waals surface area contributed by atoms with Gasteiger partial charge in [-0.2, -0.15) is 0 Å². The summed E-state index contributed by atoms with van der Waals surface area (Å²) < 4.78 is 0. The van der Waals surface area contributed by atoms with Crippen molar-refractivity contribution < 1.29 is 0 Å². The Morgan fingerprint density at radius 1 is 1.54 bits per heavy atom. The first-order chi connectivity index (χ1) is 6.29. The lowest BCUT2D eigenvalue weighted by atomic mass is 10.00. The molecule has 1 aliphatic heterocycles. The smallest absolute Gasteiger partial charge is 0.0137 e. The maximum atomic E-state index is 3.47. The number of piperidine rings is 1. The van der Waals surface area contributed by atoms with Gasteiger partial charge < -0.3 is 10.6 Å². The highest BCUT2D eigenvalue weighted by molar-refractivity contribution is 4.94. The molecule has 1 unspecified atom stereocenters. The maximum Gasteiger partial charge on any atom is 0.0137 e. The van der Waals surface area contributed by atoms with Gasteiger partial charge in [0.15, 0.2) is 0 Å². The lowest BCUT2D eigenvalue weighted by Crippen LogP contribution is -2.36. The van der Waals surface area contributed by atoms with E-state index in [0.717, 1.165) is 19.0 Å². The largest absolute Gasteiger partial charge is 0.316 e. The Morgan fingerprint density at radius 3 is 3.00 bits per heavy atom. The van der Waals surface area contributed by atoms with E-state index in [0.29, 0.717) is 0 Å². The minimum atomic E-state index is 0.847. The summed E-state index contributed by atoms with van der Waals surface area (Å²) in [5.41, 5.74) is 1.40. The van der Waals surface area contributed by atoms with Crippen LogP contribution in [-0.2, 0) is 0 Å². The van der Waals surface area contributed by atoms with E-state index in [1.165, 1.54) is 31.5 Å². The van der Waals surface area contributed by atoms with Gasteiger partial charge in [0, 0.05) is 6.54 Å². The summed E-state index contributed by atoms with van der Waals surface area (Å²) in [6.07, 6.45) is 4.97. The zero-order chi connectivity index (χ0) is 9.52. The average Bonchev–Trinajstić information content (AvgIpc) is 2.14. The Hall–Kier alpha value is -0.340. The third-order valence-electron chi connectivity index (χ3n) is 2.49. The molecule has 0 spiro atoms. The number of rotatable bonds is 4. The molecule has 0 aliphatic carbocycles. The predicted octanol–water partition coefficient (Wildman–Crippen LogP) is 1.54. The van der Waals surface area contributed by atoms with Gasteiger partial charge in [-0.1, -0.05) is 11.6 Å². The number of allylic oxidation sites excluding steroid dienone is 1. The number of nitrogens with one attached hydrogen (secondary N) is 2. The van der Waals surface area contributed by atoms with Crippen LogP contribution in [0.3, 0.4) is 0 Å². The molecular formula is C11H22N2. The van der Waals surface area contributed by atoms with E-state index < -0.39 is 0 Å². The maximum absolute atomic E-state index is 3.47. The molecule has 1 rings (SSSR count). The second-order valence-corrected chi connectivity index (χ2v) is 4.15. The molecule has 0 aromatic rings. The predicted molar refractivity (Wildman–Crippen MR) is 57.9 cm³/mol. The first kappa shape index (κ1) is 10.7. The van der Waals surface area contributed by atoms with E-state index in [9.17, 15) is 0 Å². The summed E-state index contributed by atoms with van der Waals surface area (Å²) in [7, 11) is 0. The van der Waals surface area contributed by atoms with Crippen LogP contribution in [0.1, 0.15) is 26.7 Å². The molecule has 0 saturated carbocycles. The SMILES string of the molecule is CC(C)=CCNCC1CCCNC1. The van der Waals surface area contributed by atoms with E-state index in [1.54, 1.807) is 0 Å². The van der Waals surface area contributed by atoms with E-state index in [4.69, 9.17) is 0 Å². The molecule has 2 heteroatoms. The van der Waals surface area contributed by atoms with Crippen molar-refractivity contribution in [2.24, 2.45) is 5.92 Å². The van der Waals surface area contributed by atoms with Gasteiger partial charge in [-0.3, -0.25) is 0 Å². The van der Waals surface area contributed by atoms with Gasteiger partial charge in [0.25, 0.3) is 0 Å². The summed E-state index contributed by atoms with van der Waals surface area (Å²) >= 11 is 0. The molecule has 13 heavy (non-hydrogen) atoms. The Labute approximate surface area is 81.8 Å². The topological polar surface area (TPSA) is 24.1 Å². The van der Waals surface area contributed by atoms with Crippen LogP contribution in [0.25, 0.3) is 0 Å². The summed E-state index contributed by atoms with van der Waals surface area (Å²) in [6, 6.07) is 0. The Morgan fingerprint density at radius 2 is 2.38 bits per heavy atom. The van der Waals surface area contributed by atoms with Crippen LogP contribution < -0.4 is 10.6 Å². The van der Waals surface area contributed by atoms with E-state index in [1.807, 2.05) is 0 Å². The van der Waals surface area contributed by atoms with E-state index in [-0.39, 0.29) is 0 Å². The van der Waals surface area contributed by atoms with Gasteiger partial charge >= 0.3 is 0 Å². The van der Waals surface area contributed by atoms with Crippen LogP contribution >= 0.6 is 0 Å². The molecule has 0 bridgehead atoms. The second-order valence-electron chi connectivity index (χ2n) is 4.15. The zero-order valence-corrected chi connectivity index (χ0v) is 8.90. The van der Waals surface area contributed by atoms with E-state index in [2.05, 4.69) is 30.6 Å². The molecule has 2 nitrogen and oxygen atoms in total. The van der Waals surface area contributed by atoms with Crippen molar-refractivity contribution >= 4 is 0 Å². The van der Waals surface area contributed by atoms with Crippen molar-refractivity contribution in [3.63, 3.8) is 0 Å². The van der Waals surface area contributed by atoms with Crippen LogP contribution in [0.4, 0.5) is 0 Å². The average molecular weight is 182 g/mol. The third kappa shape index (κ3) is 5.06. The zero-order valence-electron chi connectivity index (χ0n) is 8.90. The van der Waals surface area contributed by atoms with Crippen molar-refractivity contribution in [3.8, 4) is 0 Å². The molecule has 1 aliphatic rings. The molecule has 2 N–H and O–H groups in total. The fourth-order valence-electron chi connectivity index (χ4n) is 1.66. The summed E-state index contributed by atoms with van der Waals surface area (Å²) in [6.45, 7) is 8.88. The summed E-state index contributed by atoms with van der Waals surface area (Å²) in [4.78, 5) is 0. The molecule has 0 amide bonds. The normalized spacial score (nSPS) is 22.8. The van der Waals surface area contributed by atoms with Crippen molar-refractivity contribution in [2.75, 3.05) is 26.2 Å². The molecule has 1 atom stereocenters. The number of hydrogen-bond donors (Lipinski definition) is 2. The van der Waals surface area contributed by atoms with Gasteiger partial charge in [0.2, 0.25) is 0 Å². The fraction of sp³-hybridized carbons (Fsp3) is 0.818. The van der Waals surface area contributed by atoms with Crippen molar-refractivity contribution in [1.29, 1.82) is 0 Å². The van der Waals surface area contributed by atoms with Gasteiger partial charge in [0.05, 0.1) is 0 Å². The summed E-state index contributed by atoms with van der Waals surface area (Å²) in [5.74, 6) is 0.847. The van der Waals surface area contributed by atoms with Crippen molar-refractivity contribution in [1.82, 2.24) is 10.6 Å². The van der Waals surface area contributed by atoms with Crippen LogP contribution in [0.5, 0.6) is 0 Å². The molecule has 76 valence electrons. The molecule has 1 heterocycles. The van der Waals surface area contributed by atoms with Gasteiger partial charge in [-0.05, 0) is 52.2 Å².